The molecule has 0 spiro atoms. The van der Waals surface area contributed by atoms with Crippen molar-refractivity contribution < 1.29 is 9.53 Å². The second-order valence-corrected chi connectivity index (χ2v) is 5.54. The van der Waals surface area contributed by atoms with Crippen LogP contribution in [0.1, 0.15) is 13.8 Å². The van der Waals surface area contributed by atoms with E-state index >= 15 is 0 Å². The van der Waals surface area contributed by atoms with Crippen LogP contribution in [0.25, 0.3) is 0 Å². The van der Waals surface area contributed by atoms with Crippen molar-refractivity contribution in [2.45, 2.75) is 13.8 Å². The van der Waals surface area contributed by atoms with Crippen LogP contribution >= 0.6 is 23.2 Å². The standard InChI is InChI=1S/C13H13Cl2N3O2/c1-6(2)8-5-11(17-18-13(8)19)20-12-9(14)3-7(16)4-10(12)15/h3-6,8H,16H2,1-2H3. The number of azo groups is 1. The summed E-state index contributed by atoms with van der Waals surface area (Å²) in [6, 6.07) is 3.04. The third-order valence-electron chi connectivity index (χ3n) is 2.80. The second-order valence-electron chi connectivity index (χ2n) is 4.73. The molecule has 1 aromatic rings. The van der Waals surface area contributed by atoms with Gasteiger partial charge < -0.3 is 10.5 Å². The van der Waals surface area contributed by atoms with Gasteiger partial charge >= 0.3 is 0 Å². The minimum Gasteiger partial charge on any atom is -0.435 e. The Labute approximate surface area is 126 Å². The average Bonchev–Trinajstić information content (AvgIpc) is 2.35. The fraction of sp³-hybridized carbons (Fsp3) is 0.308. The van der Waals surface area contributed by atoms with Gasteiger partial charge in [-0.15, -0.1) is 10.2 Å². The molecule has 106 valence electrons. The van der Waals surface area contributed by atoms with Crippen molar-refractivity contribution in [2.75, 3.05) is 5.73 Å². The predicted octanol–water partition coefficient (Wildman–Crippen LogP) is 4.06. The van der Waals surface area contributed by atoms with Crippen molar-refractivity contribution in [2.24, 2.45) is 22.1 Å². The number of nitrogen functional groups attached to an aromatic ring is 1. The zero-order chi connectivity index (χ0) is 14.9. The van der Waals surface area contributed by atoms with Gasteiger partial charge in [0.05, 0.1) is 16.0 Å². The zero-order valence-corrected chi connectivity index (χ0v) is 12.4. The summed E-state index contributed by atoms with van der Waals surface area (Å²) in [6.45, 7) is 3.83. The Morgan fingerprint density at radius 2 is 1.85 bits per heavy atom. The van der Waals surface area contributed by atoms with Crippen LogP contribution in [0, 0.1) is 11.8 Å². The average molecular weight is 314 g/mol. The molecule has 2 N–H and O–H groups in total. The van der Waals surface area contributed by atoms with E-state index in [2.05, 4.69) is 10.2 Å². The summed E-state index contributed by atoms with van der Waals surface area (Å²) in [6.07, 6.45) is 1.61. The number of rotatable bonds is 3. The molecule has 1 aliphatic rings. The Morgan fingerprint density at radius 3 is 2.40 bits per heavy atom. The van der Waals surface area contributed by atoms with Crippen molar-refractivity contribution >= 4 is 34.8 Å². The number of nitrogens with zero attached hydrogens (tertiary/aromatic N) is 2. The summed E-state index contributed by atoms with van der Waals surface area (Å²) in [5.41, 5.74) is 6.05. The van der Waals surface area contributed by atoms with E-state index in [1.807, 2.05) is 13.8 Å². The quantitative estimate of drug-likeness (QED) is 0.855. The van der Waals surface area contributed by atoms with Crippen molar-refractivity contribution in [1.29, 1.82) is 0 Å². The molecule has 1 heterocycles. The predicted molar refractivity (Wildman–Crippen MR) is 77.8 cm³/mol. The van der Waals surface area contributed by atoms with E-state index in [1.165, 1.54) is 12.1 Å². The Bertz CT molecular complexity index is 589. The molecule has 1 aromatic carbocycles. The molecule has 0 fully saturated rings. The first-order chi connectivity index (χ1) is 9.38. The van der Waals surface area contributed by atoms with E-state index in [-0.39, 0.29) is 39.4 Å². The highest BCUT2D eigenvalue weighted by Crippen LogP contribution is 2.37. The van der Waals surface area contributed by atoms with Gasteiger partial charge in [0.25, 0.3) is 5.91 Å². The number of amides is 1. The summed E-state index contributed by atoms with van der Waals surface area (Å²) >= 11 is 12.1. The molecule has 1 atom stereocenters. The molecule has 0 aliphatic carbocycles. The molecule has 0 saturated carbocycles. The Morgan fingerprint density at radius 1 is 1.25 bits per heavy atom. The summed E-state index contributed by atoms with van der Waals surface area (Å²) < 4.78 is 5.53. The number of carbonyl (C=O) groups is 1. The minimum absolute atomic E-state index is 0.0951. The van der Waals surface area contributed by atoms with Gasteiger partial charge in [-0.3, -0.25) is 4.79 Å². The zero-order valence-electron chi connectivity index (χ0n) is 10.9. The van der Waals surface area contributed by atoms with Crippen molar-refractivity contribution in [1.82, 2.24) is 0 Å². The molecule has 2 rings (SSSR count). The van der Waals surface area contributed by atoms with Gasteiger partial charge in [0, 0.05) is 5.69 Å². The Balaban J connectivity index is 2.29. The molecule has 0 radical (unpaired) electrons. The molecule has 1 unspecified atom stereocenters. The van der Waals surface area contributed by atoms with E-state index in [4.69, 9.17) is 33.7 Å². The highest BCUT2D eigenvalue weighted by molar-refractivity contribution is 6.37. The molecule has 7 heteroatoms. The number of carbonyl (C=O) groups excluding carboxylic acids is 1. The van der Waals surface area contributed by atoms with Gasteiger partial charge in [0.1, 0.15) is 0 Å². The topological polar surface area (TPSA) is 77.0 Å². The fourth-order valence-corrected chi connectivity index (χ4v) is 2.32. The van der Waals surface area contributed by atoms with Crippen LogP contribution in [0.4, 0.5) is 5.69 Å². The van der Waals surface area contributed by atoms with Crippen molar-refractivity contribution in [3.8, 4) is 5.75 Å². The van der Waals surface area contributed by atoms with Crippen LogP contribution in [0.5, 0.6) is 5.75 Å². The van der Waals surface area contributed by atoms with Gasteiger partial charge in [0.2, 0.25) is 5.88 Å². The summed E-state index contributed by atoms with van der Waals surface area (Å²) in [5.74, 6) is -0.130. The maximum Gasteiger partial charge on any atom is 0.272 e. The summed E-state index contributed by atoms with van der Waals surface area (Å²) in [5, 5.41) is 7.81. The van der Waals surface area contributed by atoms with E-state index in [0.717, 1.165) is 0 Å². The van der Waals surface area contributed by atoms with E-state index in [9.17, 15) is 4.79 Å². The van der Waals surface area contributed by atoms with Crippen molar-refractivity contribution in [3.05, 3.63) is 34.1 Å². The number of anilines is 1. The third kappa shape index (κ3) is 3.11. The van der Waals surface area contributed by atoms with Crippen molar-refractivity contribution in [3.63, 3.8) is 0 Å². The molecule has 0 bridgehead atoms. The first kappa shape index (κ1) is 14.8. The number of halogens is 2. The van der Waals surface area contributed by atoms with Crippen LogP contribution in [-0.4, -0.2) is 5.91 Å². The second kappa shape index (κ2) is 5.81. The number of ether oxygens (including phenoxy) is 1. The first-order valence-corrected chi connectivity index (χ1v) is 6.74. The lowest BCUT2D eigenvalue weighted by Gasteiger charge is -2.17. The maximum absolute atomic E-state index is 11.6. The molecule has 0 saturated heterocycles. The van der Waals surface area contributed by atoms with Gasteiger partial charge in [-0.2, -0.15) is 0 Å². The molecule has 0 aromatic heterocycles. The van der Waals surface area contributed by atoms with Gasteiger partial charge in [-0.1, -0.05) is 37.0 Å². The van der Waals surface area contributed by atoms with Crippen LogP contribution in [0.2, 0.25) is 10.0 Å². The van der Waals surface area contributed by atoms with Crippen LogP contribution < -0.4 is 10.5 Å². The highest BCUT2D eigenvalue weighted by atomic mass is 35.5. The minimum atomic E-state index is -0.367. The van der Waals surface area contributed by atoms with E-state index < -0.39 is 0 Å². The van der Waals surface area contributed by atoms with Gasteiger partial charge in [-0.25, -0.2) is 0 Å². The molecule has 1 amide bonds. The molecular formula is C13H13Cl2N3O2. The number of benzene rings is 1. The Hall–Kier alpha value is -1.59. The number of hydrogen-bond acceptors (Lipinski definition) is 4. The fourth-order valence-electron chi connectivity index (χ4n) is 1.74. The SMILES string of the molecule is CC(C)C1C=C(Oc2c(Cl)cc(N)cc2Cl)N=NC1=O. The van der Waals surface area contributed by atoms with Crippen LogP contribution in [-0.2, 0) is 4.79 Å². The maximum atomic E-state index is 11.6. The third-order valence-corrected chi connectivity index (χ3v) is 3.36. The van der Waals surface area contributed by atoms with Gasteiger partial charge in [-0.05, 0) is 24.1 Å². The van der Waals surface area contributed by atoms with Gasteiger partial charge in [0.15, 0.2) is 5.75 Å². The first-order valence-electron chi connectivity index (χ1n) is 5.98. The lowest BCUT2D eigenvalue weighted by atomic mass is 9.94. The van der Waals surface area contributed by atoms with Crippen LogP contribution in [0.15, 0.2) is 34.3 Å². The monoisotopic (exact) mass is 313 g/mol. The lowest BCUT2D eigenvalue weighted by molar-refractivity contribution is -0.122. The summed E-state index contributed by atoms with van der Waals surface area (Å²) in [4.78, 5) is 11.6. The smallest absolute Gasteiger partial charge is 0.272 e. The Kier molecular flexibility index (Phi) is 4.30. The number of nitrogens with two attached hydrogens (primary N) is 1. The molecule has 1 aliphatic heterocycles. The number of hydrogen-bond donors (Lipinski definition) is 1. The summed E-state index contributed by atoms with van der Waals surface area (Å²) in [7, 11) is 0. The molecular weight excluding hydrogens is 301 g/mol. The normalized spacial score (nSPS) is 18.4. The largest absolute Gasteiger partial charge is 0.435 e. The molecule has 20 heavy (non-hydrogen) atoms. The van der Waals surface area contributed by atoms with E-state index in [0.29, 0.717) is 5.69 Å². The molecule has 5 nitrogen and oxygen atoms in total. The lowest BCUT2D eigenvalue weighted by Crippen LogP contribution is -2.19. The van der Waals surface area contributed by atoms with E-state index in [1.54, 1.807) is 6.08 Å². The highest BCUT2D eigenvalue weighted by Gasteiger charge is 2.25. The van der Waals surface area contributed by atoms with Crippen LogP contribution in [0.3, 0.4) is 0 Å².